The van der Waals surface area contributed by atoms with Crippen LogP contribution in [0.15, 0.2) is 97.3 Å². The van der Waals surface area contributed by atoms with Crippen molar-refractivity contribution >= 4 is 21.9 Å². The van der Waals surface area contributed by atoms with Gasteiger partial charge in [0.25, 0.3) is 0 Å². The fourth-order valence-corrected chi connectivity index (χ4v) is 3.69. The van der Waals surface area contributed by atoms with E-state index in [0.717, 1.165) is 16.7 Å². The molecule has 0 N–H and O–H groups in total. The molecule has 0 aliphatic heterocycles. The molecular weight excluding hydrogens is 408 g/mol. The number of methoxy groups -OCH3 is 1. The quantitative estimate of drug-likeness (QED) is 0.362. The predicted molar refractivity (Wildman–Crippen MR) is 121 cm³/mol. The van der Waals surface area contributed by atoms with Crippen LogP contribution in [0.2, 0.25) is 0 Å². The highest BCUT2D eigenvalue weighted by Gasteiger charge is 2.14. The van der Waals surface area contributed by atoms with E-state index in [1.165, 1.54) is 6.07 Å². The van der Waals surface area contributed by atoms with E-state index in [2.05, 4.69) is 0 Å². The maximum Gasteiger partial charge on any atom is 0.344 e. The van der Waals surface area contributed by atoms with Gasteiger partial charge in [-0.05, 0) is 30.3 Å². The van der Waals surface area contributed by atoms with Gasteiger partial charge < -0.3 is 18.3 Å². The highest BCUT2D eigenvalue weighted by atomic mass is 16.5. The first kappa shape index (κ1) is 19.6. The molecule has 5 rings (SSSR count). The lowest BCUT2D eigenvalue weighted by Gasteiger charge is -2.11. The molecule has 5 aromatic rings. The van der Waals surface area contributed by atoms with E-state index in [1.54, 1.807) is 43.5 Å². The molecule has 0 fully saturated rings. The summed E-state index contributed by atoms with van der Waals surface area (Å²) in [5.41, 5.74) is 1.35. The zero-order chi connectivity index (χ0) is 22.1. The lowest BCUT2D eigenvalue weighted by Crippen LogP contribution is -2.06. The zero-order valence-electron chi connectivity index (χ0n) is 17.2. The van der Waals surface area contributed by atoms with Gasteiger partial charge >= 0.3 is 11.3 Å². The summed E-state index contributed by atoms with van der Waals surface area (Å²) in [4.78, 5) is 24.9. The number of ether oxygens (including phenoxy) is 2. The smallest absolute Gasteiger partial charge is 0.344 e. The van der Waals surface area contributed by atoms with E-state index >= 15 is 0 Å². The van der Waals surface area contributed by atoms with Crippen LogP contribution in [0.4, 0.5) is 0 Å². The fraction of sp³-hybridized carbons (Fsp3) is 0.0769. The molecule has 0 saturated heterocycles. The third-order valence-electron chi connectivity index (χ3n) is 5.23. The second-order valence-electron chi connectivity index (χ2n) is 7.22. The van der Waals surface area contributed by atoms with Crippen LogP contribution in [0.1, 0.15) is 5.56 Å². The zero-order valence-corrected chi connectivity index (χ0v) is 17.2. The number of hydrogen-bond donors (Lipinski definition) is 0. The Morgan fingerprint density at radius 2 is 1.59 bits per heavy atom. The Balaban J connectivity index is 1.56. The van der Waals surface area contributed by atoms with Gasteiger partial charge in [0.1, 0.15) is 29.3 Å². The molecule has 0 aliphatic rings. The van der Waals surface area contributed by atoms with E-state index in [1.807, 2.05) is 36.4 Å². The first-order valence-electron chi connectivity index (χ1n) is 9.98. The predicted octanol–water partition coefficient (Wildman–Crippen LogP) is 5.15. The fourth-order valence-electron chi connectivity index (χ4n) is 3.69. The topological polar surface area (TPSA) is 78.9 Å². The third-order valence-corrected chi connectivity index (χ3v) is 5.23. The van der Waals surface area contributed by atoms with Crippen molar-refractivity contribution in [3.63, 3.8) is 0 Å². The van der Waals surface area contributed by atoms with Crippen molar-refractivity contribution in [1.82, 2.24) is 0 Å². The van der Waals surface area contributed by atoms with E-state index in [4.69, 9.17) is 18.3 Å². The minimum absolute atomic E-state index is 0.285. The summed E-state index contributed by atoms with van der Waals surface area (Å²) >= 11 is 0. The molecule has 0 unspecified atom stereocenters. The van der Waals surface area contributed by atoms with E-state index in [-0.39, 0.29) is 6.61 Å². The lowest BCUT2D eigenvalue weighted by atomic mass is 10.0. The summed E-state index contributed by atoms with van der Waals surface area (Å²) in [7, 11) is 1.61. The van der Waals surface area contributed by atoms with Gasteiger partial charge in [0, 0.05) is 34.0 Å². The van der Waals surface area contributed by atoms with Gasteiger partial charge in [0.15, 0.2) is 0 Å². The molecule has 6 heteroatoms. The molecule has 0 radical (unpaired) electrons. The molecule has 0 saturated carbocycles. The largest absolute Gasteiger partial charge is 0.496 e. The second kappa shape index (κ2) is 8.07. The standard InChI is InChI=1S/C26H18O6/c1-29-22-8-4-3-7-17(22)15-30-18-10-11-19-20(14-25(27)31-24(19)13-18)21-12-16-6-2-5-9-23(16)32-26(21)28/h2-14H,15H2,1H3. The summed E-state index contributed by atoms with van der Waals surface area (Å²) in [6.45, 7) is 0.285. The van der Waals surface area contributed by atoms with Crippen LogP contribution in [-0.2, 0) is 6.61 Å². The molecule has 0 aliphatic carbocycles. The maximum atomic E-state index is 12.6. The first-order valence-corrected chi connectivity index (χ1v) is 9.98. The van der Waals surface area contributed by atoms with Gasteiger partial charge in [0.05, 0.1) is 12.7 Å². The van der Waals surface area contributed by atoms with Gasteiger partial charge in [-0.2, -0.15) is 0 Å². The summed E-state index contributed by atoms with van der Waals surface area (Å²) < 4.78 is 22.1. The minimum atomic E-state index is -0.568. The summed E-state index contributed by atoms with van der Waals surface area (Å²) in [6, 6.07) is 23.0. The lowest BCUT2D eigenvalue weighted by molar-refractivity contribution is 0.296. The van der Waals surface area contributed by atoms with Gasteiger partial charge in [-0.25, -0.2) is 9.59 Å². The third kappa shape index (κ3) is 3.63. The average molecular weight is 426 g/mol. The van der Waals surface area contributed by atoms with E-state index in [9.17, 15) is 9.59 Å². The van der Waals surface area contributed by atoms with Crippen LogP contribution in [0.5, 0.6) is 11.5 Å². The summed E-state index contributed by atoms with van der Waals surface area (Å²) in [5.74, 6) is 1.25. The Labute approximate surface area is 182 Å². The van der Waals surface area contributed by atoms with Crippen LogP contribution in [0.3, 0.4) is 0 Å². The van der Waals surface area contributed by atoms with Crippen molar-refractivity contribution in [2.24, 2.45) is 0 Å². The Bertz CT molecular complexity index is 1560. The van der Waals surface area contributed by atoms with Crippen LogP contribution in [0, 0.1) is 0 Å². The molecule has 0 amide bonds. The summed E-state index contributed by atoms with van der Waals surface area (Å²) in [5, 5.41) is 1.37. The Hall–Kier alpha value is -4.32. The Kier molecular flexibility index (Phi) is 4.95. The highest BCUT2D eigenvalue weighted by Crippen LogP contribution is 2.30. The molecule has 0 atom stereocenters. The van der Waals surface area contributed by atoms with Crippen molar-refractivity contribution in [3.05, 3.63) is 105 Å². The molecule has 2 heterocycles. The van der Waals surface area contributed by atoms with Crippen molar-refractivity contribution in [1.29, 1.82) is 0 Å². The van der Waals surface area contributed by atoms with Crippen LogP contribution in [-0.4, -0.2) is 7.11 Å². The molecule has 3 aromatic carbocycles. The van der Waals surface area contributed by atoms with Gasteiger partial charge in [-0.15, -0.1) is 0 Å². The van der Waals surface area contributed by atoms with Crippen LogP contribution in [0.25, 0.3) is 33.1 Å². The van der Waals surface area contributed by atoms with Crippen LogP contribution < -0.4 is 20.7 Å². The normalized spacial score (nSPS) is 11.0. The van der Waals surface area contributed by atoms with Crippen molar-refractivity contribution in [2.75, 3.05) is 7.11 Å². The molecule has 32 heavy (non-hydrogen) atoms. The molecule has 0 spiro atoms. The number of hydrogen-bond acceptors (Lipinski definition) is 6. The highest BCUT2D eigenvalue weighted by molar-refractivity contribution is 5.95. The number of fused-ring (bicyclic) bond motifs is 2. The van der Waals surface area contributed by atoms with Crippen molar-refractivity contribution in [3.8, 4) is 22.6 Å². The minimum Gasteiger partial charge on any atom is -0.496 e. The average Bonchev–Trinajstić information content (AvgIpc) is 2.81. The monoisotopic (exact) mass is 426 g/mol. The summed E-state index contributed by atoms with van der Waals surface area (Å²) in [6.07, 6.45) is 0. The van der Waals surface area contributed by atoms with Gasteiger partial charge in [-0.3, -0.25) is 0 Å². The van der Waals surface area contributed by atoms with Gasteiger partial charge in [0.2, 0.25) is 0 Å². The number of benzene rings is 3. The molecular formula is C26H18O6. The Morgan fingerprint density at radius 3 is 2.47 bits per heavy atom. The molecule has 158 valence electrons. The molecule has 6 nitrogen and oxygen atoms in total. The van der Waals surface area contributed by atoms with E-state index < -0.39 is 11.3 Å². The SMILES string of the molecule is COc1ccccc1COc1ccc2c(-c3cc4ccccc4oc3=O)cc(=O)oc2c1. The second-order valence-corrected chi connectivity index (χ2v) is 7.22. The maximum absolute atomic E-state index is 12.6. The first-order chi connectivity index (χ1) is 15.6. The Morgan fingerprint density at radius 1 is 0.781 bits per heavy atom. The van der Waals surface area contributed by atoms with Gasteiger partial charge in [-0.1, -0.05) is 36.4 Å². The van der Waals surface area contributed by atoms with Crippen molar-refractivity contribution < 1.29 is 18.3 Å². The van der Waals surface area contributed by atoms with E-state index in [0.29, 0.717) is 33.4 Å². The number of para-hydroxylation sites is 2. The van der Waals surface area contributed by atoms with Crippen LogP contribution >= 0.6 is 0 Å². The van der Waals surface area contributed by atoms with Crippen molar-refractivity contribution in [2.45, 2.75) is 6.61 Å². The molecule has 0 bridgehead atoms. The molecule has 2 aromatic heterocycles. The number of rotatable bonds is 5.